The van der Waals surface area contributed by atoms with Crippen LogP contribution in [0.25, 0.3) is 0 Å². The summed E-state index contributed by atoms with van der Waals surface area (Å²) in [7, 11) is 0. The molecule has 0 atom stereocenters. The van der Waals surface area contributed by atoms with Gasteiger partial charge in [-0.2, -0.15) is 0 Å². The predicted octanol–water partition coefficient (Wildman–Crippen LogP) is 2.64. The topological polar surface area (TPSA) is 96.9 Å². The second-order valence-electron chi connectivity index (χ2n) is 7.67. The summed E-state index contributed by atoms with van der Waals surface area (Å²) in [5.74, 6) is 0.460. The number of carboxylic acids is 1. The average molecular weight is 362 g/mol. The molecule has 2 aliphatic rings. The van der Waals surface area contributed by atoms with Gasteiger partial charge in [0.05, 0.1) is 5.92 Å². The maximum Gasteiger partial charge on any atom is 0.315 e. The second-order valence-corrected chi connectivity index (χ2v) is 7.67. The number of amides is 2. The summed E-state index contributed by atoms with van der Waals surface area (Å²) in [4.78, 5) is 23.2. The minimum atomic E-state index is -0.738. The summed E-state index contributed by atoms with van der Waals surface area (Å²) in [5, 5.41) is 14.9. The molecule has 142 valence electrons. The van der Waals surface area contributed by atoms with Crippen LogP contribution in [0.2, 0.25) is 0 Å². The molecule has 7 heteroatoms. The van der Waals surface area contributed by atoms with Crippen LogP contribution in [0.1, 0.15) is 45.1 Å². The van der Waals surface area contributed by atoms with Crippen molar-refractivity contribution >= 4 is 12.0 Å². The highest BCUT2D eigenvalue weighted by atomic mass is 16.7. The zero-order chi connectivity index (χ0) is 18.7. The third-order valence-corrected chi connectivity index (χ3v) is 5.26. The van der Waals surface area contributed by atoms with Gasteiger partial charge in [-0.15, -0.1) is 0 Å². The summed E-state index contributed by atoms with van der Waals surface area (Å²) < 4.78 is 10.8. The van der Waals surface area contributed by atoms with Gasteiger partial charge in [0.25, 0.3) is 0 Å². The fourth-order valence-corrected chi connectivity index (χ4v) is 3.44. The summed E-state index contributed by atoms with van der Waals surface area (Å²) >= 11 is 0. The zero-order valence-corrected chi connectivity index (χ0v) is 15.2. The van der Waals surface area contributed by atoms with Crippen molar-refractivity contribution in [1.29, 1.82) is 0 Å². The van der Waals surface area contributed by atoms with Crippen LogP contribution in [0.4, 0.5) is 4.79 Å². The third kappa shape index (κ3) is 4.20. The molecule has 3 rings (SSSR count). The molecular weight excluding hydrogens is 336 g/mol. The Labute approximate surface area is 153 Å². The lowest BCUT2D eigenvalue weighted by Gasteiger charge is -2.29. The van der Waals surface area contributed by atoms with Crippen molar-refractivity contribution in [2.75, 3.05) is 13.3 Å². The van der Waals surface area contributed by atoms with Crippen molar-refractivity contribution in [3.8, 4) is 11.5 Å². The number of carboxylic acid groups (broad SMARTS) is 1. The summed E-state index contributed by atoms with van der Waals surface area (Å²) in [6.45, 7) is 4.83. The number of carbonyl (C=O) groups excluding carboxylic acids is 1. The number of hydrogen-bond acceptors (Lipinski definition) is 4. The first-order valence-corrected chi connectivity index (χ1v) is 9.02. The van der Waals surface area contributed by atoms with Gasteiger partial charge in [0.15, 0.2) is 11.5 Å². The lowest BCUT2D eigenvalue weighted by Crippen LogP contribution is -2.47. The largest absolute Gasteiger partial charge is 0.481 e. The fourth-order valence-electron chi connectivity index (χ4n) is 3.44. The van der Waals surface area contributed by atoms with Gasteiger partial charge in [-0.25, -0.2) is 4.79 Å². The molecule has 7 nitrogen and oxygen atoms in total. The third-order valence-electron chi connectivity index (χ3n) is 5.26. The van der Waals surface area contributed by atoms with E-state index in [0.717, 1.165) is 17.1 Å². The van der Waals surface area contributed by atoms with E-state index in [1.54, 1.807) is 0 Å². The first-order chi connectivity index (χ1) is 12.3. The number of benzene rings is 1. The van der Waals surface area contributed by atoms with Gasteiger partial charge < -0.3 is 25.2 Å². The number of hydrogen-bond donors (Lipinski definition) is 3. The van der Waals surface area contributed by atoms with Crippen LogP contribution in [0.5, 0.6) is 11.5 Å². The van der Waals surface area contributed by atoms with Gasteiger partial charge in [0.2, 0.25) is 6.79 Å². The maximum absolute atomic E-state index is 12.2. The highest BCUT2D eigenvalue weighted by Crippen LogP contribution is 2.36. The second kappa shape index (κ2) is 7.43. The Morgan fingerprint density at radius 1 is 1.15 bits per heavy atom. The van der Waals surface area contributed by atoms with E-state index in [1.165, 1.54) is 0 Å². The highest BCUT2D eigenvalue weighted by molar-refractivity contribution is 5.74. The number of fused-ring (bicyclic) bond motifs is 1. The molecule has 26 heavy (non-hydrogen) atoms. The average Bonchev–Trinajstić information content (AvgIpc) is 3.08. The van der Waals surface area contributed by atoms with E-state index in [1.807, 2.05) is 18.2 Å². The molecule has 0 aromatic heterocycles. The van der Waals surface area contributed by atoms with Crippen LogP contribution in [0.15, 0.2) is 18.2 Å². The van der Waals surface area contributed by atoms with Crippen molar-refractivity contribution in [1.82, 2.24) is 10.6 Å². The summed E-state index contributed by atoms with van der Waals surface area (Å²) in [6.07, 6.45) is 2.64. The molecule has 0 radical (unpaired) electrons. The van der Waals surface area contributed by atoms with Crippen molar-refractivity contribution in [3.05, 3.63) is 23.8 Å². The summed E-state index contributed by atoms with van der Waals surface area (Å²) in [6, 6.07) is 5.66. The number of urea groups is 1. The number of nitrogens with one attached hydrogen (secondary N) is 2. The van der Waals surface area contributed by atoms with E-state index in [-0.39, 0.29) is 30.2 Å². The standard InChI is InChI=1S/C19H26N2O5/c1-19(2,13-5-8-15-16(9-13)26-11-25-15)10-20-18(24)21-14-6-3-12(4-7-14)17(22)23/h5,8-9,12,14H,3-4,6-7,10-11H2,1-2H3,(H,22,23)(H2,20,21,24). The van der Waals surface area contributed by atoms with E-state index in [4.69, 9.17) is 14.6 Å². The molecule has 2 amide bonds. The van der Waals surface area contributed by atoms with Gasteiger partial charge in [-0.05, 0) is 43.4 Å². The van der Waals surface area contributed by atoms with Gasteiger partial charge in [-0.3, -0.25) is 4.79 Å². The van der Waals surface area contributed by atoms with Crippen LogP contribution in [-0.2, 0) is 10.2 Å². The quantitative estimate of drug-likeness (QED) is 0.748. The van der Waals surface area contributed by atoms with E-state index >= 15 is 0 Å². The van der Waals surface area contributed by atoms with Crippen molar-refractivity contribution < 1.29 is 24.2 Å². The van der Waals surface area contributed by atoms with Crippen molar-refractivity contribution in [2.24, 2.45) is 5.92 Å². The molecule has 0 unspecified atom stereocenters. The monoisotopic (exact) mass is 362 g/mol. The minimum absolute atomic E-state index is 0.0410. The Bertz CT molecular complexity index is 681. The molecule has 0 spiro atoms. The SMILES string of the molecule is CC(C)(CNC(=O)NC1CCC(C(=O)O)CC1)c1ccc2c(c1)OCO2. The Balaban J connectivity index is 1.48. The zero-order valence-electron chi connectivity index (χ0n) is 15.2. The predicted molar refractivity (Wildman–Crippen MR) is 95.5 cm³/mol. The highest BCUT2D eigenvalue weighted by Gasteiger charge is 2.28. The van der Waals surface area contributed by atoms with Gasteiger partial charge in [0, 0.05) is 18.0 Å². The molecule has 1 saturated carbocycles. The molecule has 1 aromatic rings. The molecule has 1 heterocycles. The first kappa shape index (κ1) is 18.4. The molecule has 1 aliphatic carbocycles. The van der Waals surface area contributed by atoms with Crippen LogP contribution >= 0.6 is 0 Å². The summed E-state index contributed by atoms with van der Waals surface area (Å²) in [5.41, 5.74) is 0.795. The van der Waals surface area contributed by atoms with E-state index in [9.17, 15) is 9.59 Å². The maximum atomic E-state index is 12.2. The number of carbonyl (C=O) groups is 2. The van der Waals surface area contributed by atoms with E-state index in [2.05, 4.69) is 24.5 Å². The lowest BCUT2D eigenvalue weighted by molar-refractivity contribution is -0.142. The van der Waals surface area contributed by atoms with Crippen LogP contribution in [0, 0.1) is 5.92 Å². The molecule has 1 fully saturated rings. The molecular formula is C19H26N2O5. The van der Waals surface area contributed by atoms with E-state index < -0.39 is 5.97 Å². The van der Waals surface area contributed by atoms with Gasteiger partial charge in [-0.1, -0.05) is 19.9 Å². The Kier molecular flexibility index (Phi) is 5.25. The number of aliphatic carboxylic acids is 1. The lowest BCUT2D eigenvalue weighted by atomic mass is 9.84. The van der Waals surface area contributed by atoms with Crippen LogP contribution in [-0.4, -0.2) is 36.5 Å². The van der Waals surface area contributed by atoms with Gasteiger partial charge in [0.1, 0.15) is 0 Å². The van der Waals surface area contributed by atoms with Gasteiger partial charge >= 0.3 is 12.0 Å². The Hall–Kier alpha value is -2.44. The van der Waals surface area contributed by atoms with Crippen molar-refractivity contribution in [2.45, 2.75) is 51.0 Å². The van der Waals surface area contributed by atoms with Crippen molar-refractivity contribution in [3.63, 3.8) is 0 Å². The molecule has 1 aliphatic heterocycles. The Morgan fingerprint density at radius 2 is 1.85 bits per heavy atom. The molecule has 1 aromatic carbocycles. The minimum Gasteiger partial charge on any atom is -0.481 e. The van der Waals surface area contributed by atoms with E-state index in [0.29, 0.717) is 32.2 Å². The number of rotatable bonds is 5. The molecule has 0 saturated heterocycles. The molecule has 0 bridgehead atoms. The Morgan fingerprint density at radius 3 is 2.54 bits per heavy atom. The first-order valence-electron chi connectivity index (χ1n) is 9.02. The van der Waals surface area contributed by atoms with Crippen LogP contribution < -0.4 is 20.1 Å². The fraction of sp³-hybridized carbons (Fsp3) is 0.579. The molecule has 3 N–H and O–H groups in total. The smallest absolute Gasteiger partial charge is 0.315 e. The van der Waals surface area contributed by atoms with Crippen LogP contribution in [0.3, 0.4) is 0 Å². The number of ether oxygens (including phenoxy) is 2. The normalized spacial score (nSPS) is 21.9.